The van der Waals surface area contributed by atoms with E-state index in [4.69, 9.17) is 9.94 Å². The standard InChI is InChI=1S/C21H27NO6S2/c1-2-3-13-28-18-9-11-19(12-10-18)30(26,27)16-21(24,20(23)22-25)15-29-14-17-7-5-4-6-8-17/h4-12,24-25H,2-3,13-16H2,1H3,(H,22,23). The maximum atomic E-state index is 12.8. The Morgan fingerprint density at radius 1 is 1.13 bits per heavy atom. The number of hydroxylamine groups is 1. The quantitative estimate of drug-likeness (QED) is 0.257. The normalized spacial score (nSPS) is 13.4. The summed E-state index contributed by atoms with van der Waals surface area (Å²) in [6.45, 7) is 2.58. The van der Waals surface area contributed by atoms with E-state index >= 15 is 0 Å². The van der Waals surface area contributed by atoms with Gasteiger partial charge in [-0.05, 0) is 36.2 Å². The molecule has 9 heteroatoms. The number of carbonyl (C=O) groups is 1. The van der Waals surface area contributed by atoms with E-state index in [0.717, 1.165) is 18.4 Å². The van der Waals surface area contributed by atoms with Gasteiger partial charge in [-0.25, -0.2) is 13.9 Å². The molecule has 2 rings (SSSR count). The van der Waals surface area contributed by atoms with Gasteiger partial charge in [0.2, 0.25) is 0 Å². The average Bonchev–Trinajstić information content (AvgIpc) is 2.74. The number of amides is 1. The van der Waals surface area contributed by atoms with Crippen LogP contribution in [-0.2, 0) is 20.4 Å². The molecule has 164 valence electrons. The van der Waals surface area contributed by atoms with Crippen LogP contribution in [0.4, 0.5) is 0 Å². The Labute approximate surface area is 181 Å². The summed E-state index contributed by atoms with van der Waals surface area (Å²) in [6, 6.07) is 15.2. The molecule has 0 saturated carbocycles. The number of aliphatic hydroxyl groups is 1. The van der Waals surface area contributed by atoms with Gasteiger partial charge in [-0.1, -0.05) is 43.7 Å². The lowest BCUT2D eigenvalue weighted by Crippen LogP contribution is -2.52. The average molecular weight is 454 g/mol. The number of ether oxygens (including phenoxy) is 1. The van der Waals surface area contributed by atoms with Crippen molar-refractivity contribution in [2.45, 2.75) is 36.0 Å². The fourth-order valence-electron chi connectivity index (χ4n) is 2.66. The molecule has 0 radical (unpaired) electrons. The summed E-state index contributed by atoms with van der Waals surface area (Å²) in [5.74, 6) is -1.20. The Morgan fingerprint density at radius 3 is 2.40 bits per heavy atom. The molecule has 3 N–H and O–H groups in total. The Hall–Kier alpha value is -2.07. The summed E-state index contributed by atoms with van der Waals surface area (Å²) in [5.41, 5.74) is 0.0593. The second kappa shape index (κ2) is 11.4. The Morgan fingerprint density at radius 2 is 1.80 bits per heavy atom. The van der Waals surface area contributed by atoms with Crippen molar-refractivity contribution < 1.29 is 28.3 Å². The van der Waals surface area contributed by atoms with Crippen LogP contribution in [0.3, 0.4) is 0 Å². The van der Waals surface area contributed by atoms with Crippen LogP contribution in [0.1, 0.15) is 25.3 Å². The first-order valence-corrected chi connectivity index (χ1v) is 12.4. The fourth-order valence-corrected chi connectivity index (χ4v) is 5.47. The highest BCUT2D eigenvalue weighted by atomic mass is 32.2. The third-order valence-corrected chi connectivity index (χ3v) is 7.42. The van der Waals surface area contributed by atoms with Crippen molar-refractivity contribution in [3.8, 4) is 5.75 Å². The van der Waals surface area contributed by atoms with E-state index < -0.39 is 27.1 Å². The molecule has 1 atom stereocenters. The molecule has 0 spiro atoms. The van der Waals surface area contributed by atoms with E-state index in [-0.39, 0.29) is 10.6 Å². The van der Waals surface area contributed by atoms with E-state index in [1.807, 2.05) is 37.3 Å². The van der Waals surface area contributed by atoms with Gasteiger partial charge in [0, 0.05) is 11.5 Å². The minimum absolute atomic E-state index is 0.0393. The third-order valence-electron chi connectivity index (χ3n) is 4.35. The van der Waals surface area contributed by atoms with E-state index in [1.165, 1.54) is 41.5 Å². The summed E-state index contributed by atoms with van der Waals surface area (Å²) < 4.78 is 31.1. The Bertz CT molecular complexity index is 903. The molecule has 0 aliphatic carbocycles. The predicted octanol–water partition coefficient (Wildman–Crippen LogP) is 2.81. The van der Waals surface area contributed by atoms with Gasteiger partial charge in [0.15, 0.2) is 15.4 Å². The molecule has 1 amide bonds. The smallest absolute Gasteiger partial charge is 0.277 e. The summed E-state index contributed by atoms with van der Waals surface area (Å²) >= 11 is 1.20. The lowest BCUT2D eigenvalue weighted by atomic mass is 10.1. The molecule has 0 heterocycles. The van der Waals surface area contributed by atoms with Crippen LogP contribution < -0.4 is 10.2 Å². The molecule has 7 nitrogen and oxygen atoms in total. The van der Waals surface area contributed by atoms with Crippen LogP contribution in [0.2, 0.25) is 0 Å². The molecule has 1 unspecified atom stereocenters. The Kier molecular flexibility index (Phi) is 9.16. The first-order valence-electron chi connectivity index (χ1n) is 9.55. The summed E-state index contributed by atoms with van der Waals surface area (Å²) in [7, 11) is -4.00. The highest BCUT2D eigenvalue weighted by molar-refractivity contribution is 7.98. The van der Waals surface area contributed by atoms with Crippen molar-refractivity contribution in [2.24, 2.45) is 0 Å². The summed E-state index contributed by atoms with van der Waals surface area (Å²) in [4.78, 5) is 12.0. The van der Waals surface area contributed by atoms with Crippen molar-refractivity contribution in [1.29, 1.82) is 0 Å². The molecule has 0 aromatic heterocycles. The first kappa shape index (κ1) is 24.2. The summed E-state index contributed by atoms with van der Waals surface area (Å²) in [5, 5.41) is 19.8. The number of hydrogen-bond donors (Lipinski definition) is 3. The van der Waals surface area contributed by atoms with Gasteiger partial charge < -0.3 is 9.84 Å². The van der Waals surface area contributed by atoms with Crippen LogP contribution in [-0.4, -0.2) is 48.4 Å². The molecule has 0 saturated heterocycles. The summed E-state index contributed by atoms with van der Waals surface area (Å²) in [6.07, 6.45) is 1.88. The maximum Gasteiger partial charge on any atom is 0.277 e. The van der Waals surface area contributed by atoms with Crippen LogP contribution >= 0.6 is 11.8 Å². The van der Waals surface area contributed by atoms with Gasteiger partial charge in [-0.2, -0.15) is 11.8 Å². The number of thioether (sulfide) groups is 1. The van der Waals surface area contributed by atoms with E-state index in [1.54, 1.807) is 0 Å². The molecular weight excluding hydrogens is 426 g/mol. The number of sulfone groups is 1. The topological polar surface area (TPSA) is 113 Å². The van der Waals surface area contributed by atoms with Gasteiger partial charge in [0.25, 0.3) is 5.91 Å². The zero-order valence-corrected chi connectivity index (χ0v) is 18.4. The molecule has 2 aromatic rings. The van der Waals surface area contributed by atoms with Crippen molar-refractivity contribution in [3.05, 3.63) is 60.2 Å². The molecule has 0 bridgehead atoms. The van der Waals surface area contributed by atoms with Gasteiger partial charge in [-0.3, -0.25) is 10.0 Å². The Balaban J connectivity index is 2.08. The second-order valence-electron chi connectivity index (χ2n) is 6.88. The van der Waals surface area contributed by atoms with Gasteiger partial charge in [0.05, 0.1) is 17.3 Å². The zero-order valence-electron chi connectivity index (χ0n) is 16.8. The lowest BCUT2D eigenvalue weighted by molar-refractivity contribution is -0.144. The SMILES string of the molecule is CCCCOc1ccc(S(=O)(=O)CC(O)(CSCc2ccccc2)C(=O)NO)cc1. The highest BCUT2D eigenvalue weighted by Gasteiger charge is 2.41. The zero-order chi connectivity index (χ0) is 22.0. The maximum absolute atomic E-state index is 12.8. The van der Waals surface area contributed by atoms with Crippen LogP contribution in [0.25, 0.3) is 0 Å². The molecule has 0 aliphatic heterocycles. The molecule has 0 aliphatic rings. The fraction of sp³-hybridized carbons (Fsp3) is 0.381. The third kappa shape index (κ3) is 7.02. The first-order chi connectivity index (χ1) is 14.3. The van der Waals surface area contributed by atoms with Crippen LogP contribution in [0.15, 0.2) is 59.5 Å². The number of carbonyl (C=O) groups excluding carboxylic acids is 1. The minimum Gasteiger partial charge on any atom is -0.494 e. The number of nitrogens with one attached hydrogen (secondary N) is 1. The predicted molar refractivity (Wildman–Crippen MR) is 116 cm³/mol. The monoisotopic (exact) mass is 453 g/mol. The van der Waals surface area contributed by atoms with E-state index in [9.17, 15) is 18.3 Å². The largest absolute Gasteiger partial charge is 0.494 e. The van der Waals surface area contributed by atoms with E-state index in [0.29, 0.717) is 18.1 Å². The van der Waals surface area contributed by atoms with Crippen molar-refractivity contribution >= 4 is 27.5 Å². The molecule has 0 fully saturated rings. The van der Waals surface area contributed by atoms with Crippen LogP contribution in [0.5, 0.6) is 5.75 Å². The number of unbranched alkanes of at least 4 members (excludes halogenated alkanes) is 1. The van der Waals surface area contributed by atoms with Crippen molar-refractivity contribution in [2.75, 3.05) is 18.1 Å². The van der Waals surface area contributed by atoms with Crippen molar-refractivity contribution in [1.82, 2.24) is 5.48 Å². The highest BCUT2D eigenvalue weighted by Crippen LogP contribution is 2.24. The number of rotatable bonds is 12. The molecule has 30 heavy (non-hydrogen) atoms. The second-order valence-corrected chi connectivity index (χ2v) is 9.86. The van der Waals surface area contributed by atoms with Crippen molar-refractivity contribution in [3.63, 3.8) is 0 Å². The molecular formula is C21H27NO6S2. The van der Waals surface area contributed by atoms with Crippen LogP contribution in [0, 0.1) is 0 Å². The number of benzene rings is 2. The van der Waals surface area contributed by atoms with Gasteiger partial charge in [0.1, 0.15) is 5.75 Å². The molecule has 2 aromatic carbocycles. The minimum atomic E-state index is -4.00. The number of hydrogen-bond acceptors (Lipinski definition) is 7. The van der Waals surface area contributed by atoms with E-state index in [2.05, 4.69) is 0 Å². The van der Waals surface area contributed by atoms with Gasteiger partial charge in [-0.15, -0.1) is 0 Å². The van der Waals surface area contributed by atoms with Gasteiger partial charge >= 0.3 is 0 Å². The lowest BCUT2D eigenvalue weighted by Gasteiger charge is -2.25.